The molecule has 4 rings (SSSR count). The molecule has 0 aliphatic carbocycles. The largest absolute Gasteiger partial charge is 0.347 e. The zero-order valence-corrected chi connectivity index (χ0v) is 14.9. The van der Waals surface area contributed by atoms with Crippen molar-refractivity contribution in [2.75, 3.05) is 0 Å². The number of nitrogens with zero attached hydrogens (tertiary/aromatic N) is 4. The monoisotopic (exact) mass is 337 g/mol. The highest BCUT2D eigenvalue weighted by molar-refractivity contribution is 5.97. The fourth-order valence-corrected chi connectivity index (χ4v) is 3.56. The number of benzene rings is 1. The van der Waals surface area contributed by atoms with Crippen LogP contribution in [0.3, 0.4) is 0 Å². The predicted octanol–water partition coefficient (Wildman–Crippen LogP) is 2.87. The number of carbonyl (C=O) groups excluding carboxylic acids is 1. The van der Waals surface area contributed by atoms with Crippen LogP contribution in [0.15, 0.2) is 30.7 Å². The highest BCUT2D eigenvalue weighted by Gasteiger charge is 2.22. The minimum atomic E-state index is -0.0358. The molecule has 0 saturated heterocycles. The molecule has 1 aliphatic rings. The molecular weight excluding hydrogens is 314 g/mol. The molecule has 0 unspecified atom stereocenters. The van der Waals surface area contributed by atoms with Gasteiger partial charge in [-0.1, -0.05) is 0 Å². The molecule has 1 amide bonds. The number of fused-ring (bicyclic) bond motifs is 2. The van der Waals surface area contributed by atoms with E-state index in [0.717, 1.165) is 41.9 Å². The first-order chi connectivity index (χ1) is 12.0. The molecule has 25 heavy (non-hydrogen) atoms. The van der Waals surface area contributed by atoms with Gasteiger partial charge in [0.25, 0.3) is 5.91 Å². The topological polar surface area (TPSA) is 64.7 Å². The Morgan fingerprint density at radius 3 is 3.00 bits per heavy atom. The van der Waals surface area contributed by atoms with Crippen LogP contribution < -0.4 is 5.32 Å². The van der Waals surface area contributed by atoms with E-state index in [4.69, 9.17) is 0 Å². The van der Waals surface area contributed by atoms with Crippen LogP contribution >= 0.6 is 0 Å². The normalized spacial score (nSPS) is 17.0. The molecule has 130 valence electrons. The van der Waals surface area contributed by atoms with Gasteiger partial charge in [-0.05, 0) is 45.4 Å². The van der Waals surface area contributed by atoms with Crippen molar-refractivity contribution in [1.29, 1.82) is 0 Å². The number of aryl methyl sites for hydroxylation is 2. The van der Waals surface area contributed by atoms with Crippen molar-refractivity contribution in [3.8, 4) is 0 Å². The van der Waals surface area contributed by atoms with Gasteiger partial charge in [0.15, 0.2) is 0 Å². The van der Waals surface area contributed by atoms with Crippen molar-refractivity contribution in [1.82, 2.24) is 24.4 Å². The molecule has 0 saturated carbocycles. The number of nitrogens with one attached hydrogen (secondary N) is 1. The van der Waals surface area contributed by atoms with Crippen LogP contribution in [0, 0.1) is 6.92 Å². The smallest absolute Gasteiger partial charge is 0.251 e. The third-order valence-corrected chi connectivity index (χ3v) is 4.84. The van der Waals surface area contributed by atoms with Gasteiger partial charge in [-0.15, -0.1) is 0 Å². The quantitative estimate of drug-likeness (QED) is 0.799. The Bertz CT molecular complexity index is 937. The minimum absolute atomic E-state index is 0.0358. The lowest BCUT2D eigenvalue weighted by atomic mass is 10.1. The summed E-state index contributed by atoms with van der Waals surface area (Å²) in [5.41, 5.74) is 3.61. The maximum atomic E-state index is 12.6. The number of aromatic nitrogens is 4. The Morgan fingerprint density at radius 2 is 2.20 bits per heavy atom. The highest BCUT2D eigenvalue weighted by atomic mass is 16.1. The van der Waals surface area contributed by atoms with E-state index in [0.29, 0.717) is 11.6 Å². The van der Waals surface area contributed by atoms with Gasteiger partial charge in [-0.3, -0.25) is 4.79 Å². The Hall–Kier alpha value is -2.63. The molecule has 0 fully saturated rings. The number of amides is 1. The van der Waals surface area contributed by atoms with E-state index in [9.17, 15) is 4.79 Å². The van der Waals surface area contributed by atoms with Crippen LogP contribution in [-0.4, -0.2) is 31.1 Å². The summed E-state index contributed by atoms with van der Waals surface area (Å²) in [6.07, 6.45) is 5.71. The molecule has 6 nitrogen and oxygen atoms in total. The summed E-state index contributed by atoms with van der Waals surface area (Å²) < 4.78 is 4.26. The van der Waals surface area contributed by atoms with Gasteiger partial charge in [-0.25, -0.2) is 9.97 Å². The number of hydrogen-bond acceptors (Lipinski definition) is 3. The molecule has 0 spiro atoms. The lowest BCUT2D eigenvalue weighted by molar-refractivity contribution is 0.0927. The second-order valence-corrected chi connectivity index (χ2v) is 7.11. The van der Waals surface area contributed by atoms with Crippen molar-refractivity contribution in [2.24, 2.45) is 0 Å². The summed E-state index contributed by atoms with van der Waals surface area (Å²) in [6, 6.07) is 6.22. The van der Waals surface area contributed by atoms with Gasteiger partial charge < -0.3 is 14.5 Å². The molecule has 1 atom stereocenters. The first-order valence-electron chi connectivity index (χ1n) is 8.81. The van der Waals surface area contributed by atoms with Crippen molar-refractivity contribution < 1.29 is 4.79 Å². The van der Waals surface area contributed by atoms with E-state index in [1.807, 2.05) is 31.5 Å². The standard InChI is InChI=1S/C19H23N5O/c1-12(2)24-11-20-16-8-14(4-6-17(16)24)19(25)22-15-5-7-18-21-13(3)9-23(18)10-15/h4,6,8-9,11-12,15H,5,7,10H2,1-3H3,(H,22,25)/t15-/m0/s1. The van der Waals surface area contributed by atoms with Crippen molar-refractivity contribution in [3.05, 3.63) is 47.8 Å². The van der Waals surface area contributed by atoms with Crippen molar-refractivity contribution >= 4 is 16.9 Å². The van der Waals surface area contributed by atoms with Crippen molar-refractivity contribution in [3.63, 3.8) is 0 Å². The molecule has 6 heteroatoms. The first-order valence-corrected chi connectivity index (χ1v) is 8.81. The van der Waals surface area contributed by atoms with Gasteiger partial charge in [0.05, 0.1) is 23.1 Å². The number of carbonyl (C=O) groups is 1. The van der Waals surface area contributed by atoms with E-state index in [1.54, 1.807) is 0 Å². The molecule has 0 bridgehead atoms. The summed E-state index contributed by atoms with van der Waals surface area (Å²) in [5.74, 6) is 1.08. The maximum absolute atomic E-state index is 12.6. The summed E-state index contributed by atoms with van der Waals surface area (Å²) >= 11 is 0. The zero-order valence-electron chi connectivity index (χ0n) is 14.9. The minimum Gasteiger partial charge on any atom is -0.347 e. The average molecular weight is 337 g/mol. The third kappa shape index (κ3) is 2.92. The van der Waals surface area contributed by atoms with Gasteiger partial charge in [0.2, 0.25) is 0 Å². The van der Waals surface area contributed by atoms with E-state index in [2.05, 4.69) is 44.5 Å². The number of hydrogen-bond donors (Lipinski definition) is 1. The van der Waals surface area contributed by atoms with Crippen LogP contribution in [0.5, 0.6) is 0 Å². The van der Waals surface area contributed by atoms with Crippen LogP contribution in [0.25, 0.3) is 11.0 Å². The fourth-order valence-electron chi connectivity index (χ4n) is 3.56. The summed E-state index contributed by atoms with van der Waals surface area (Å²) in [7, 11) is 0. The van der Waals surface area contributed by atoms with Crippen LogP contribution in [0.4, 0.5) is 0 Å². The fraction of sp³-hybridized carbons (Fsp3) is 0.421. The second-order valence-electron chi connectivity index (χ2n) is 7.11. The zero-order chi connectivity index (χ0) is 17.6. The Labute approximate surface area is 146 Å². The van der Waals surface area contributed by atoms with E-state index >= 15 is 0 Å². The van der Waals surface area contributed by atoms with E-state index in [-0.39, 0.29) is 11.9 Å². The summed E-state index contributed by atoms with van der Waals surface area (Å²) in [6.45, 7) is 7.03. The Morgan fingerprint density at radius 1 is 1.36 bits per heavy atom. The summed E-state index contributed by atoms with van der Waals surface area (Å²) in [4.78, 5) is 21.6. The summed E-state index contributed by atoms with van der Waals surface area (Å²) in [5, 5.41) is 3.16. The van der Waals surface area contributed by atoms with E-state index < -0.39 is 0 Å². The molecule has 3 aromatic rings. The van der Waals surface area contributed by atoms with E-state index in [1.165, 1.54) is 0 Å². The highest BCUT2D eigenvalue weighted by Crippen LogP contribution is 2.20. The molecule has 3 heterocycles. The lowest BCUT2D eigenvalue weighted by Gasteiger charge is -2.24. The number of imidazole rings is 2. The van der Waals surface area contributed by atoms with Gasteiger partial charge >= 0.3 is 0 Å². The molecule has 1 N–H and O–H groups in total. The Balaban J connectivity index is 1.51. The molecule has 2 aromatic heterocycles. The average Bonchev–Trinajstić information content (AvgIpc) is 3.15. The maximum Gasteiger partial charge on any atom is 0.251 e. The van der Waals surface area contributed by atoms with Crippen LogP contribution in [0.1, 0.15) is 48.2 Å². The SMILES string of the molecule is Cc1cn2c(n1)CC[C@H](NC(=O)c1ccc3c(c1)ncn3C(C)C)C2. The first kappa shape index (κ1) is 15.9. The molecule has 1 aliphatic heterocycles. The Kier molecular flexibility index (Phi) is 3.82. The van der Waals surface area contributed by atoms with Crippen LogP contribution in [-0.2, 0) is 13.0 Å². The van der Waals surface area contributed by atoms with Gasteiger partial charge in [0.1, 0.15) is 5.82 Å². The third-order valence-electron chi connectivity index (χ3n) is 4.84. The van der Waals surface area contributed by atoms with Gasteiger partial charge in [0, 0.05) is 36.8 Å². The predicted molar refractivity (Wildman–Crippen MR) is 96.7 cm³/mol. The lowest BCUT2D eigenvalue weighted by Crippen LogP contribution is -2.40. The second kappa shape index (κ2) is 6.02. The molecular formula is C19H23N5O. The molecule has 0 radical (unpaired) electrons. The van der Waals surface area contributed by atoms with Crippen molar-refractivity contribution in [2.45, 2.75) is 52.2 Å². The number of rotatable bonds is 3. The van der Waals surface area contributed by atoms with Gasteiger partial charge in [-0.2, -0.15) is 0 Å². The van der Waals surface area contributed by atoms with Crippen LogP contribution in [0.2, 0.25) is 0 Å². The molecule has 1 aromatic carbocycles.